The first-order valence-electron chi connectivity index (χ1n) is 6.59. The Bertz CT molecular complexity index is 627. The molecule has 0 saturated heterocycles. The number of aromatic carboxylic acids is 1. The van der Waals surface area contributed by atoms with E-state index in [2.05, 4.69) is 0 Å². The number of Topliss-reactive ketones (excluding diaryl/α,β-unsaturated/α-hetero) is 1. The van der Waals surface area contributed by atoms with Crippen LogP contribution in [0, 0.1) is 0 Å². The molecule has 108 valence electrons. The number of hydrogen-bond acceptors (Lipinski definition) is 3. The van der Waals surface area contributed by atoms with Crippen molar-refractivity contribution in [2.45, 2.75) is 12.8 Å². The number of carboxylic acid groups (broad SMARTS) is 1. The number of methoxy groups -OCH3 is 1. The number of aryl methyl sites for hydroxylation is 1. The normalized spacial score (nSPS) is 10.1. The Hall–Kier alpha value is -2.62. The van der Waals surface area contributed by atoms with E-state index in [1.54, 1.807) is 55.6 Å². The Labute approximate surface area is 123 Å². The molecule has 21 heavy (non-hydrogen) atoms. The maximum Gasteiger partial charge on any atom is 0.335 e. The molecule has 0 aliphatic heterocycles. The standard InChI is InChI=1S/C17H16O4/c1-21-15-9-7-13(8-10-15)16(18)11-4-12-2-5-14(6-3-12)17(19)20/h2-3,5-10H,4,11H2,1H3,(H,19,20). The summed E-state index contributed by atoms with van der Waals surface area (Å²) < 4.78 is 5.05. The lowest BCUT2D eigenvalue weighted by molar-refractivity contribution is 0.0696. The number of ketones is 1. The van der Waals surface area contributed by atoms with Crippen molar-refractivity contribution < 1.29 is 19.4 Å². The van der Waals surface area contributed by atoms with Crippen molar-refractivity contribution in [2.24, 2.45) is 0 Å². The molecular weight excluding hydrogens is 268 g/mol. The number of hydrogen-bond donors (Lipinski definition) is 1. The predicted molar refractivity (Wildman–Crippen MR) is 79.0 cm³/mol. The second-order valence-corrected chi connectivity index (χ2v) is 4.65. The fraction of sp³-hybridized carbons (Fsp3) is 0.176. The summed E-state index contributed by atoms with van der Waals surface area (Å²) in [7, 11) is 1.58. The molecule has 0 radical (unpaired) electrons. The molecule has 0 amide bonds. The highest BCUT2D eigenvalue weighted by Gasteiger charge is 2.07. The molecule has 4 nitrogen and oxygen atoms in total. The van der Waals surface area contributed by atoms with Crippen LogP contribution in [0.1, 0.15) is 32.7 Å². The van der Waals surface area contributed by atoms with Gasteiger partial charge in [-0.1, -0.05) is 12.1 Å². The molecule has 0 aromatic heterocycles. The third kappa shape index (κ3) is 3.92. The molecule has 0 aliphatic rings. The summed E-state index contributed by atoms with van der Waals surface area (Å²) in [5.41, 5.74) is 1.85. The molecule has 0 aliphatic carbocycles. The van der Waals surface area contributed by atoms with Crippen LogP contribution in [0.15, 0.2) is 48.5 Å². The van der Waals surface area contributed by atoms with Gasteiger partial charge in [0.15, 0.2) is 5.78 Å². The SMILES string of the molecule is COc1ccc(C(=O)CCc2ccc(C(=O)O)cc2)cc1. The van der Waals surface area contributed by atoms with Gasteiger partial charge in [-0.05, 0) is 48.4 Å². The van der Waals surface area contributed by atoms with Crippen molar-refractivity contribution in [3.8, 4) is 5.75 Å². The third-order valence-corrected chi connectivity index (χ3v) is 3.25. The lowest BCUT2D eigenvalue weighted by atomic mass is 10.0. The molecule has 0 heterocycles. The molecule has 0 fully saturated rings. The zero-order chi connectivity index (χ0) is 15.2. The smallest absolute Gasteiger partial charge is 0.335 e. The Kier molecular flexibility index (Phi) is 4.72. The van der Waals surface area contributed by atoms with E-state index in [0.29, 0.717) is 18.4 Å². The Balaban J connectivity index is 1.95. The van der Waals surface area contributed by atoms with Gasteiger partial charge in [-0.15, -0.1) is 0 Å². The molecule has 0 spiro atoms. The quantitative estimate of drug-likeness (QED) is 0.827. The van der Waals surface area contributed by atoms with Crippen LogP contribution in [-0.2, 0) is 6.42 Å². The monoisotopic (exact) mass is 284 g/mol. The van der Waals surface area contributed by atoms with E-state index in [0.717, 1.165) is 11.3 Å². The van der Waals surface area contributed by atoms with Gasteiger partial charge in [0.1, 0.15) is 5.75 Å². The van der Waals surface area contributed by atoms with Crippen LogP contribution in [0.25, 0.3) is 0 Å². The highest BCUT2D eigenvalue weighted by Crippen LogP contribution is 2.14. The second-order valence-electron chi connectivity index (χ2n) is 4.65. The highest BCUT2D eigenvalue weighted by atomic mass is 16.5. The number of rotatable bonds is 6. The third-order valence-electron chi connectivity index (χ3n) is 3.25. The van der Waals surface area contributed by atoms with E-state index >= 15 is 0 Å². The summed E-state index contributed by atoms with van der Waals surface area (Å²) in [5.74, 6) is -0.174. The van der Waals surface area contributed by atoms with Gasteiger partial charge in [0.2, 0.25) is 0 Å². The van der Waals surface area contributed by atoms with Crippen molar-refractivity contribution in [3.63, 3.8) is 0 Å². The van der Waals surface area contributed by atoms with Crippen LogP contribution in [-0.4, -0.2) is 24.0 Å². The van der Waals surface area contributed by atoms with Gasteiger partial charge in [-0.3, -0.25) is 4.79 Å². The van der Waals surface area contributed by atoms with Crippen molar-refractivity contribution >= 4 is 11.8 Å². The van der Waals surface area contributed by atoms with Gasteiger partial charge >= 0.3 is 5.97 Å². The van der Waals surface area contributed by atoms with Crippen LogP contribution in [0.2, 0.25) is 0 Å². The van der Waals surface area contributed by atoms with Gasteiger partial charge in [-0.25, -0.2) is 4.79 Å². The van der Waals surface area contributed by atoms with Gasteiger partial charge in [0.05, 0.1) is 12.7 Å². The summed E-state index contributed by atoms with van der Waals surface area (Å²) in [6.45, 7) is 0. The molecule has 2 aromatic carbocycles. The Morgan fingerprint density at radius 2 is 1.52 bits per heavy atom. The molecule has 0 unspecified atom stereocenters. The van der Waals surface area contributed by atoms with Crippen molar-refractivity contribution in [3.05, 3.63) is 65.2 Å². The fourth-order valence-electron chi connectivity index (χ4n) is 1.99. The molecule has 2 aromatic rings. The van der Waals surface area contributed by atoms with E-state index in [1.165, 1.54) is 0 Å². The molecule has 2 rings (SSSR count). The Morgan fingerprint density at radius 1 is 0.952 bits per heavy atom. The second kappa shape index (κ2) is 6.70. The summed E-state index contributed by atoms with van der Waals surface area (Å²) in [5, 5.41) is 8.82. The number of carboxylic acids is 1. The maximum atomic E-state index is 12.1. The van der Waals surface area contributed by atoms with Gasteiger partial charge < -0.3 is 9.84 Å². The lowest BCUT2D eigenvalue weighted by Gasteiger charge is -2.04. The first kappa shape index (κ1) is 14.8. The first-order chi connectivity index (χ1) is 10.1. The van der Waals surface area contributed by atoms with Crippen LogP contribution in [0.5, 0.6) is 5.75 Å². The molecule has 0 atom stereocenters. The van der Waals surface area contributed by atoms with E-state index in [4.69, 9.17) is 9.84 Å². The Morgan fingerprint density at radius 3 is 2.05 bits per heavy atom. The lowest BCUT2D eigenvalue weighted by Crippen LogP contribution is -2.02. The highest BCUT2D eigenvalue weighted by molar-refractivity contribution is 5.96. The number of ether oxygens (including phenoxy) is 1. The van der Waals surface area contributed by atoms with Crippen molar-refractivity contribution in [1.29, 1.82) is 0 Å². The fourth-order valence-corrected chi connectivity index (χ4v) is 1.99. The predicted octanol–water partition coefficient (Wildman–Crippen LogP) is 3.21. The molecule has 0 saturated carbocycles. The summed E-state index contributed by atoms with van der Waals surface area (Å²) in [6.07, 6.45) is 0.976. The molecular formula is C17H16O4. The largest absolute Gasteiger partial charge is 0.497 e. The summed E-state index contributed by atoms with van der Waals surface area (Å²) in [6, 6.07) is 13.6. The van der Waals surface area contributed by atoms with E-state index in [-0.39, 0.29) is 11.3 Å². The molecule has 1 N–H and O–H groups in total. The number of carbonyl (C=O) groups excluding carboxylic acids is 1. The molecule has 0 bridgehead atoms. The van der Waals surface area contributed by atoms with Crippen molar-refractivity contribution in [2.75, 3.05) is 7.11 Å². The van der Waals surface area contributed by atoms with Crippen LogP contribution in [0.4, 0.5) is 0 Å². The van der Waals surface area contributed by atoms with Crippen LogP contribution >= 0.6 is 0 Å². The summed E-state index contributed by atoms with van der Waals surface area (Å²) in [4.78, 5) is 22.8. The maximum absolute atomic E-state index is 12.1. The zero-order valence-electron chi connectivity index (χ0n) is 11.7. The topological polar surface area (TPSA) is 63.6 Å². The molecule has 4 heteroatoms. The van der Waals surface area contributed by atoms with E-state index < -0.39 is 5.97 Å². The van der Waals surface area contributed by atoms with Crippen LogP contribution in [0.3, 0.4) is 0 Å². The number of benzene rings is 2. The minimum atomic E-state index is -0.948. The first-order valence-corrected chi connectivity index (χ1v) is 6.59. The van der Waals surface area contributed by atoms with E-state index in [9.17, 15) is 9.59 Å². The minimum Gasteiger partial charge on any atom is -0.497 e. The van der Waals surface area contributed by atoms with Gasteiger partial charge in [0.25, 0.3) is 0 Å². The number of carbonyl (C=O) groups is 2. The minimum absolute atomic E-state index is 0.0555. The van der Waals surface area contributed by atoms with E-state index in [1.807, 2.05) is 0 Å². The average molecular weight is 284 g/mol. The van der Waals surface area contributed by atoms with Gasteiger partial charge in [0, 0.05) is 12.0 Å². The zero-order valence-corrected chi connectivity index (χ0v) is 11.7. The van der Waals surface area contributed by atoms with Gasteiger partial charge in [-0.2, -0.15) is 0 Å². The average Bonchev–Trinajstić information content (AvgIpc) is 2.53. The van der Waals surface area contributed by atoms with Crippen LogP contribution < -0.4 is 4.74 Å². The van der Waals surface area contributed by atoms with Crippen molar-refractivity contribution in [1.82, 2.24) is 0 Å². The summed E-state index contributed by atoms with van der Waals surface area (Å²) >= 11 is 0.